The minimum Gasteiger partial charge on any atom is -0.478 e. The molecule has 1 N–H and O–H groups in total. The average Bonchev–Trinajstić information content (AvgIpc) is 2.27. The lowest BCUT2D eigenvalue weighted by atomic mass is 10.1. The fraction of sp³-hybridized carbons (Fsp3) is 0.231. The molecule has 96 valence electrons. The largest absolute Gasteiger partial charge is 0.478 e. The number of carbonyl (C=O) groups is 2. The van der Waals surface area contributed by atoms with E-state index in [1.807, 2.05) is 6.92 Å². The number of carboxylic acids is 1. The topological polar surface area (TPSA) is 63.6 Å². The zero-order valence-electron chi connectivity index (χ0n) is 10.1. The van der Waals surface area contributed by atoms with Crippen LogP contribution in [0.15, 0.2) is 18.2 Å². The third-order valence-electron chi connectivity index (χ3n) is 2.24. The van der Waals surface area contributed by atoms with Crippen LogP contribution < -0.4 is 4.74 Å². The van der Waals surface area contributed by atoms with Gasteiger partial charge < -0.3 is 9.84 Å². The first-order valence-corrected chi connectivity index (χ1v) is 5.74. The average molecular weight is 269 g/mol. The van der Waals surface area contributed by atoms with Crippen molar-refractivity contribution in [2.24, 2.45) is 0 Å². The van der Waals surface area contributed by atoms with E-state index >= 15 is 0 Å². The van der Waals surface area contributed by atoms with Gasteiger partial charge in [0.15, 0.2) is 0 Å². The van der Waals surface area contributed by atoms with Crippen LogP contribution in [0, 0.1) is 0 Å². The van der Waals surface area contributed by atoms with Crippen molar-refractivity contribution in [2.75, 3.05) is 0 Å². The highest BCUT2D eigenvalue weighted by molar-refractivity contribution is 6.33. The molecule has 0 radical (unpaired) electrons. The molecular weight excluding hydrogens is 256 g/mol. The van der Waals surface area contributed by atoms with Gasteiger partial charge in [0.2, 0.25) is 0 Å². The van der Waals surface area contributed by atoms with Gasteiger partial charge in [-0.3, -0.25) is 4.79 Å². The highest BCUT2D eigenvalue weighted by Gasteiger charge is 2.11. The van der Waals surface area contributed by atoms with E-state index in [2.05, 4.69) is 0 Å². The summed E-state index contributed by atoms with van der Waals surface area (Å²) in [6, 6.07) is 3.22. The van der Waals surface area contributed by atoms with Gasteiger partial charge in [-0.05, 0) is 30.2 Å². The summed E-state index contributed by atoms with van der Waals surface area (Å²) in [7, 11) is 0. The molecule has 0 aliphatic rings. The number of carbonyl (C=O) groups excluding carboxylic acids is 1. The van der Waals surface area contributed by atoms with Gasteiger partial charge in [-0.1, -0.05) is 18.5 Å². The fourth-order valence-electron chi connectivity index (χ4n) is 1.49. The van der Waals surface area contributed by atoms with Crippen molar-refractivity contribution in [3.05, 3.63) is 34.4 Å². The zero-order chi connectivity index (χ0) is 13.7. The van der Waals surface area contributed by atoms with Gasteiger partial charge in [0.05, 0.1) is 5.02 Å². The van der Waals surface area contributed by atoms with Crippen molar-refractivity contribution < 1.29 is 19.4 Å². The molecule has 0 bridgehead atoms. The van der Waals surface area contributed by atoms with Crippen LogP contribution >= 0.6 is 11.6 Å². The van der Waals surface area contributed by atoms with E-state index < -0.39 is 11.9 Å². The van der Waals surface area contributed by atoms with Crippen LogP contribution in [-0.2, 0) is 16.0 Å². The van der Waals surface area contributed by atoms with Gasteiger partial charge in [-0.15, -0.1) is 0 Å². The van der Waals surface area contributed by atoms with Gasteiger partial charge >= 0.3 is 11.9 Å². The van der Waals surface area contributed by atoms with Crippen molar-refractivity contribution in [3.8, 4) is 5.75 Å². The Kier molecular flexibility index (Phi) is 4.92. The standard InChI is InChI=1S/C13H13ClO4/c1-3-10-11(18-8(2)15)6-4-9(13(10)14)5-7-12(16)17/h4-7H,3H2,1-2H3,(H,16,17). The second-order valence-electron chi connectivity index (χ2n) is 3.56. The van der Waals surface area contributed by atoms with E-state index in [-0.39, 0.29) is 0 Å². The van der Waals surface area contributed by atoms with Crippen molar-refractivity contribution >= 4 is 29.6 Å². The number of aliphatic carboxylic acids is 1. The van der Waals surface area contributed by atoms with Gasteiger partial charge in [-0.2, -0.15) is 0 Å². The molecule has 1 rings (SSSR count). The second kappa shape index (κ2) is 6.21. The molecule has 0 amide bonds. The first-order chi connectivity index (χ1) is 8.45. The molecule has 0 fully saturated rings. The number of ether oxygens (including phenoxy) is 1. The Morgan fingerprint density at radius 3 is 2.61 bits per heavy atom. The van der Waals surface area contributed by atoms with Gasteiger partial charge in [0.25, 0.3) is 0 Å². The molecule has 0 aromatic heterocycles. The van der Waals surface area contributed by atoms with Crippen LogP contribution in [0.25, 0.3) is 6.08 Å². The summed E-state index contributed by atoms with van der Waals surface area (Å²) in [5.74, 6) is -1.06. The monoisotopic (exact) mass is 268 g/mol. The quantitative estimate of drug-likeness (QED) is 0.518. The molecule has 18 heavy (non-hydrogen) atoms. The van der Waals surface area contributed by atoms with Crippen LogP contribution in [0.2, 0.25) is 5.02 Å². The number of hydrogen-bond acceptors (Lipinski definition) is 3. The maximum absolute atomic E-state index is 10.9. The highest BCUT2D eigenvalue weighted by atomic mass is 35.5. The highest BCUT2D eigenvalue weighted by Crippen LogP contribution is 2.31. The Bertz CT molecular complexity index is 506. The Morgan fingerprint density at radius 2 is 2.11 bits per heavy atom. The van der Waals surface area contributed by atoms with Gasteiger partial charge in [0.1, 0.15) is 5.75 Å². The third-order valence-corrected chi connectivity index (χ3v) is 2.69. The summed E-state index contributed by atoms with van der Waals surface area (Å²) in [6.45, 7) is 3.19. The fourth-order valence-corrected chi connectivity index (χ4v) is 1.84. The molecule has 0 heterocycles. The lowest BCUT2D eigenvalue weighted by molar-refractivity contribution is -0.132. The normalized spacial score (nSPS) is 10.6. The maximum atomic E-state index is 10.9. The summed E-state index contributed by atoms with van der Waals surface area (Å²) in [5, 5.41) is 8.96. The minimum atomic E-state index is -1.05. The molecular formula is C13H13ClO4. The molecule has 1 aromatic rings. The van der Waals surface area contributed by atoms with Crippen LogP contribution in [-0.4, -0.2) is 17.0 Å². The number of benzene rings is 1. The van der Waals surface area contributed by atoms with E-state index in [1.165, 1.54) is 13.0 Å². The van der Waals surface area contributed by atoms with Crippen LogP contribution in [0.1, 0.15) is 25.0 Å². The number of hydrogen-bond donors (Lipinski definition) is 1. The molecule has 0 aliphatic carbocycles. The summed E-state index contributed by atoms with van der Waals surface area (Å²) in [5.41, 5.74) is 1.26. The molecule has 4 nitrogen and oxygen atoms in total. The predicted octanol–water partition coefficient (Wildman–Crippen LogP) is 2.93. The summed E-state index contributed by atoms with van der Waals surface area (Å²) in [4.78, 5) is 21.4. The van der Waals surface area contributed by atoms with Crippen molar-refractivity contribution in [1.29, 1.82) is 0 Å². The molecule has 5 heteroatoms. The van der Waals surface area contributed by atoms with E-state index in [4.69, 9.17) is 21.4 Å². The first-order valence-electron chi connectivity index (χ1n) is 5.36. The Labute approximate surface area is 110 Å². The van der Waals surface area contributed by atoms with Crippen molar-refractivity contribution in [3.63, 3.8) is 0 Å². The molecule has 0 atom stereocenters. The number of rotatable bonds is 4. The Hall–Kier alpha value is -1.81. The van der Waals surface area contributed by atoms with Crippen LogP contribution in [0.3, 0.4) is 0 Å². The van der Waals surface area contributed by atoms with Gasteiger partial charge in [0, 0.05) is 18.6 Å². The molecule has 0 saturated heterocycles. The van der Waals surface area contributed by atoms with E-state index in [0.717, 1.165) is 6.08 Å². The summed E-state index contributed by atoms with van der Waals surface area (Å²) in [6.07, 6.45) is 2.99. The minimum absolute atomic E-state index is 0.397. The summed E-state index contributed by atoms with van der Waals surface area (Å²) >= 11 is 6.15. The Balaban J connectivity index is 3.19. The van der Waals surface area contributed by atoms with E-state index in [1.54, 1.807) is 12.1 Å². The molecule has 1 aromatic carbocycles. The number of carboxylic acid groups (broad SMARTS) is 1. The third kappa shape index (κ3) is 3.60. The summed E-state index contributed by atoms with van der Waals surface area (Å²) < 4.78 is 5.03. The predicted molar refractivity (Wildman–Crippen MR) is 68.8 cm³/mol. The molecule has 0 unspecified atom stereocenters. The smallest absolute Gasteiger partial charge is 0.328 e. The lowest BCUT2D eigenvalue weighted by Gasteiger charge is -2.11. The van der Waals surface area contributed by atoms with Crippen molar-refractivity contribution in [1.82, 2.24) is 0 Å². The Morgan fingerprint density at radius 1 is 1.44 bits per heavy atom. The lowest BCUT2D eigenvalue weighted by Crippen LogP contribution is -2.04. The zero-order valence-corrected chi connectivity index (χ0v) is 10.8. The molecule has 0 spiro atoms. The number of esters is 1. The van der Waals surface area contributed by atoms with E-state index in [0.29, 0.717) is 28.3 Å². The van der Waals surface area contributed by atoms with Crippen LogP contribution in [0.5, 0.6) is 5.75 Å². The van der Waals surface area contributed by atoms with Gasteiger partial charge in [-0.25, -0.2) is 4.79 Å². The SMILES string of the molecule is CCc1c(OC(C)=O)ccc(C=CC(=O)O)c1Cl. The number of halogens is 1. The van der Waals surface area contributed by atoms with Crippen LogP contribution in [0.4, 0.5) is 0 Å². The molecule has 0 aliphatic heterocycles. The second-order valence-corrected chi connectivity index (χ2v) is 3.94. The maximum Gasteiger partial charge on any atom is 0.328 e. The van der Waals surface area contributed by atoms with Crippen molar-refractivity contribution in [2.45, 2.75) is 20.3 Å². The first kappa shape index (κ1) is 14.3. The van der Waals surface area contributed by atoms with E-state index in [9.17, 15) is 9.59 Å². The molecule has 0 saturated carbocycles.